The second kappa shape index (κ2) is 7.21. The largest absolute Gasteiger partial charge is 0.286 e. The zero-order valence-electron chi connectivity index (χ0n) is 15.8. The molecule has 0 N–H and O–H groups in total. The van der Waals surface area contributed by atoms with Crippen LogP contribution in [0.1, 0.15) is 49.7 Å². The van der Waals surface area contributed by atoms with E-state index in [1.807, 2.05) is 0 Å². The van der Waals surface area contributed by atoms with Crippen LogP contribution in [-0.2, 0) is 0 Å². The van der Waals surface area contributed by atoms with Gasteiger partial charge in [0.15, 0.2) is 0 Å². The van der Waals surface area contributed by atoms with Crippen molar-refractivity contribution in [1.82, 2.24) is 0 Å². The fourth-order valence-electron chi connectivity index (χ4n) is 5.99. The highest BCUT2D eigenvalue weighted by Gasteiger charge is 2.57. The molecule has 0 aliphatic heterocycles. The Kier molecular flexibility index (Phi) is 4.83. The van der Waals surface area contributed by atoms with Crippen LogP contribution in [0.2, 0.25) is 0 Å². The summed E-state index contributed by atoms with van der Waals surface area (Å²) in [6, 6.07) is 16.9. The SMILES string of the molecule is Brc1ccc(C=NC23CC4CC(C2)CC(N=Cc2ccc(Br)cc2)(C4)C3)cc1. The Labute approximate surface area is 183 Å². The minimum Gasteiger partial charge on any atom is -0.286 e. The molecular formula is C24H24Br2N2. The molecule has 0 aromatic heterocycles. The van der Waals surface area contributed by atoms with Crippen molar-refractivity contribution in [2.75, 3.05) is 0 Å². The second-order valence-corrected chi connectivity index (χ2v) is 10.9. The highest BCUT2D eigenvalue weighted by molar-refractivity contribution is 9.10. The van der Waals surface area contributed by atoms with Crippen molar-refractivity contribution in [3.05, 3.63) is 68.6 Å². The van der Waals surface area contributed by atoms with E-state index >= 15 is 0 Å². The predicted octanol–water partition coefficient (Wildman–Crippen LogP) is 6.84. The van der Waals surface area contributed by atoms with E-state index in [0.29, 0.717) is 0 Å². The Morgan fingerprint density at radius 1 is 0.679 bits per heavy atom. The smallest absolute Gasteiger partial charge is 0.0636 e. The Morgan fingerprint density at radius 3 is 1.46 bits per heavy atom. The maximum absolute atomic E-state index is 5.21. The molecule has 2 aromatic carbocycles. The molecule has 0 amide bonds. The van der Waals surface area contributed by atoms with Crippen molar-refractivity contribution in [3.63, 3.8) is 0 Å². The maximum Gasteiger partial charge on any atom is 0.0636 e. The summed E-state index contributed by atoms with van der Waals surface area (Å²) in [6.45, 7) is 0. The van der Waals surface area contributed by atoms with Crippen LogP contribution in [0.25, 0.3) is 0 Å². The standard InChI is InChI=1S/C24H24Br2N2/c25-21-5-1-17(2-6-21)14-27-23-10-19-9-20(11-23)13-24(12-19,16-23)28-15-18-3-7-22(26)8-4-18/h1-8,14-15,19-20H,9-13,16H2. The van der Waals surface area contributed by atoms with Crippen LogP contribution in [0.5, 0.6) is 0 Å². The van der Waals surface area contributed by atoms with Gasteiger partial charge in [0.1, 0.15) is 0 Å². The van der Waals surface area contributed by atoms with Gasteiger partial charge in [-0.05, 0) is 85.8 Å². The van der Waals surface area contributed by atoms with E-state index in [2.05, 4.69) is 92.8 Å². The third-order valence-corrected chi connectivity index (χ3v) is 7.77. The monoisotopic (exact) mass is 498 g/mol. The van der Waals surface area contributed by atoms with Crippen molar-refractivity contribution in [1.29, 1.82) is 0 Å². The molecule has 28 heavy (non-hydrogen) atoms. The van der Waals surface area contributed by atoms with Crippen LogP contribution in [0, 0.1) is 11.8 Å². The fourth-order valence-corrected chi connectivity index (χ4v) is 6.52. The molecular weight excluding hydrogens is 476 g/mol. The van der Waals surface area contributed by atoms with Crippen molar-refractivity contribution >= 4 is 44.3 Å². The molecule has 4 aliphatic rings. The Hall–Kier alpha value is -1.26. The first kappa shape index (κ1) is 18.7. The zero-order valence-corrected chi connectivity index (χ0v) is 19.0. The Balaban J connectivity index is 1.40. The summed E-state index contributed by atoms with van der Waals surface area (Å²) in [5.74, 6) is 1.57. The average molecular weight is 500 g/mol. The fraction of sp³-hybridized carbons (Fsp3) is 0.417. The predicted molar refractivity (Wildman–Crippen MR) is 124 cm³/mol. The van der Waals surface area contributed by atoms with Crippen molar-refractivity contribution in [2.24, 2.45) is 21.8 Å². The lowest BCUT2D eigenvalue weighted by Gasteiger charge is -2.59. The van der Waals surface area contributed by atoms with Gasteiger partial charge in [-0.2, -0.15) is 0 Å². The number of aliphatic imine (C=N–C) groups is 2. The first-order valence-electron chi connectivity index (χ1n) is 10.1. The lowest BCUT2D eigenvalue weighted by Crippen LogP contribution is -2.57. The average Bonchev–Trinajstić information content (AvgIpc) is 2.66. The Bertz CT molecular complexity index is 827. The van der Waals surface area contributed by atoms with Crippen molar-refractivity contribution < 1.29 is 0 Å². The van der Waals surface area contributed by atoms with Gasteiger partial charge >= 0.3 is 0 Å². The summed E-state index contributed by atoms with van der Waals surface area (Å²) in [4.78, 5) is 10.4. The summed E-state index contributed by atoms with van der Waals surface area (Å²) < 4.78 is 2.22. The summed E-state index contributed by atoms with van der Waals surface area (Å²) in [6.07, 6.45) is 11.7. The van der Waals surface area contributed by atoms with Gasteiger partial charge in [0.2, 0.25) is 0 Å². The van der Waals surface area contributed by atoms with Gasteiger partial charge in [0.05, 0.1) is 11.1 Å². The van der Waals surface area contributed by atoms with E-state index in [1.54, 1.807) is 0 Å². The first-order valence-corrected chi connectivity index (χ1v) is 11.7. The van der Waals surface area contributed by atoms with Crippen LogP contribution in [-0.4, -0.2) is 23.5 Å². The molecule has 0 radical (unpaired) electrons. The zero-order chi connectivity index (χ0) is 19.2. The van der Waals surface area contributed by atoms with Gasteiger partial charge < -0.3 is 0 Å². The van der Waals surface area contributed by atoms with E-state index in [1.165, 1.54) is 43.2 Å². The molecule has 0 spiro atoms. The lowest BCUT2D eigenvalue weighted by atomic mass is 9.50. The van der Waals surface area contributed by atoms with Crippen LogP contribution < -0.4 is 0 Å². The van der Waals surface area contributed by atoms with E-state index in [9.17, 15) is 0 Å². The van der Waals surface area contributed by atoms with Gasteiger partial charge in [0, 0.05) is 21.4 Å². The molecule has 2 aromatic rings. The van der Waals surface area contributed by atoms with Gasteiger partial charge in [-0.3, -0.25) is 9.98 Å². The molecule has 4 aliphatic carbocycles. The number of halogens is 2. The summed E-state index contributed by atoms with van der Waals surface area (Å²) in [7, 11) is 0. The lowest BCUT2D eigenvalue weighted by molar-refractivity contribution is -0.0144. The normalized spacial score (nSPS) is 33.9. The Morgan fingerprint density at radius 2 is 1.07 bits per heavy atom. The third kappa shape index (κ3) is 3.78. The molecule has 6 rings (SSSR count). The number of hydrogen-bond acceptors (Lipinski definition) is 2. The number of rotatable bonds is 4. The highest BCUT2D eigenvalue weighted by Crippen LogP contribution is 2.60. The molecule has 0 saturated heterocycles. The van der Waals surface area contributed by atoms with Crippen LogP contribution >= 0.6 is 31.9 Å². The topological polar surface area (TPSA) is 24.7 Å². The van der Waals surface area contributed by atoms with Gasteiger partial charge in [-0.15, -0.1) is 0 Å². The number of benzene rings is 2. The molecule has 4 bridgehead atoms. The van der Waals surface area contributed by atoms with Crippen molar-refractivity contribution in [3.8, 4) is 0 Å². The van der Waals surface area contributed by atoms with Crippen LogP contribution in [0.15, 0.2) is 67.5 Å². The second-order valence-electron chi connectivity index (χ2n) is 9.03. The molecule has 2 nitrogen and oxygen atoms in total. The molecule has 4 heteroatoms. The van der Waals surface area contributed by atoms with E-state index < -0.39 is 0 Å². The summed E-state index contributed by atoms with van der Waals surface area (Å²) in [5, 5.41) is 0. The molecule has 0 heterocycles. The molecule has 144 valence electrons. The first-order chi connectivity index (χ1) is 13.5. The third-order valence-electron chi connectivity index (χ3n) is 6.71. The summed E-state index contributed by atoms with van der Waals surface area (Å²) >= 11 is 7.02. The summed E-state index contributed by atoms with van der Waals surface area (Å²) in [5.41, 5.74) is 2.56. The maximum atomic E-state index is 5.21. The van der Waals surface area contributed by atoms with E-state index in [-0.39, 0.29) is 11.1 Å². The number of nitrogens with zero attached hydrogens (tertiary/aromatic N) is 2. The van der Waals surface area contributed by atoms with E-state index in [0.717, 1.165) is 27.2 Å². The highest BCUT2D eigenvalue weighted by atomic mass is 79.9. The van der Waals surface area contributed by atoms with Gasteiger partial charge in [-0.25, -0.2) is 0 Å². The van der Waals surface area contributed by atoms with Crippen LogP contribution in [0.4, 0.5) is 0 Å². The molecule has 4 fully saturated rings. The number of hydrogen-bond donors (Lipinski definition) is 0. The minimum absolute atomic E-state index is 0.0915. The minimum atomic E-state index is 0.0915. The quantitative estimate of drug-likeness (QED) is 0.411. The van der Waals surface area contributed by atoms with Gasteiger partial charge in [0.25, 0.3) is 0 Å². The van der Waals surface area contributed by atoms with Crippen molar-refractivity contribution in [2.45, 2.75) is 49.6 Å². The van der Waals surface area contributed by atoms with Crippen LogP contribution in [0.3, 0.4) is 0 Å². The molecule has 0 atom stereocenters. The van der Waals surface area contributed by atoms with E-state index in [4.69, 9.17) is 9.98 Å². The molecule has 0 unspecified atom stereocenters. The van der Waals surface area contributed by atoms with Gasteiger partial charge in [-0.1, -0.05) is 56.1 Å². The molecule has 4 saturated carbocycles.